The monoisotopic (exact) mass is 211 g/mol. The molecule has 1 heterocycles. The largest absolute Gasteiger partial charge is 0.478 e. The maximum Gasteiger partial charge on any atom is 0.337 e. The van der Waals surface area contributed by atoms with Gasteiger partial charge in [-0.15, -0.1) is 0 Å². The molecule has 3 nitrogen and oxygen atoms in total. The number of nitrogens with zero attached hydrogens (tertiary/aromatic N) is 1. The third-order valence-electron chi connectivity index (χ3n) is 2.14. The molecular weight excluding hydrogens is 198 g/mol. The molecule has 76 valence electrons. The first-order valence-electron chi connectivity index (χ1n) is 4.22. The van der Waals surface area contributed by atoms with Crippen LogP contribution in [0.5, 0.6) is 0 Å². The Morgan fingerprint density at radius 2 is 2.14 bits per heavy atom. The Bertz CT molecular complexity index is 332. The van der Waals surface area contributed by atoms with E-state index in [1.165, 1.54) is 6.20 Å². The highest BCUT2D eigenvalue weighted by molar-refractivity contribution is 7.99. The van der Waals surface area contributed by atoms with E-state index in [0.29, 0.717) is 0 Å². The molecule has 0 amide bonds. The molecule has 0 spiro atoms. The lowest BCUT2D eigenvalue weighted by Gasteiger charge is -2.20. The summed E-state index contributed by atoms with van der Waals surface area (Å²) in [6.07, 6.45) is 3.41. The van der Waals surface area contributed by atoms with Gasteiger partial charge in [0.15, 0.2) is 0 Å². The van der Waals surface area contributed by atoms with Gasteiger partial charge in [0.05, 0.1) is 16.0 Å². The molecule has 0 aliphatic carbocycles. The number of thioether (sulfide) groups is 1. The standard InChI is InChI=1S/C10H13NO2S/c1-10(2,14-3)8-5-4-7(6-11-8)9(12)13/h4-6H,1-3H3,(H,12,13). The number of pyridine rings is 1. The predicted octanol–water partition coefficient (Wildman–Crippen LogP) is 2.38. The SMILES string of the molecule is CSC(C)(C)c1ccc(C(=O)O)cn1. The first kappa shape index (κ1) is 11.0. The van der Waals surface area contributed by atoms with Crippen molar-refractivity contribution in [1.82, 2.24) is 4.98 Å². The van der Waals surface area contributed by atoms with Crippen molar-refractivity contribution in [2.45, 2.75) is 18.6 Å². The molecule has 1 rings (SSSR count). The molecule has 0 aromatic carbocycles. The van der Waals surface area contributed by atoms with Crippen molar-refractivity contribution in [2.75, 3.05) is 6.26 Å². The van der Waals surface area contributed by atoms with Gasteiger partial charge in [-0.05, 0) is 32.2 Å². The van der Waals surface area contributed by atoms with Crippen LogP contribution >= 0.6 is 11.8 Å². The second-order valence-electron chi connectivity index (χ2n) is 3.45. The number of carboxylic acid groups (broad SMARTS) is 1. The molecule has 0 aliphatic rings. The lowest BCUT2D eigenvalue weighted by atomic mass is 10.1. The van der Waals surface area contributed by atoms with Crippen molar-refractivity contribution in [1.29, 1.82) is 0 Å². The van der Waals surface area contributed by atoms with E-state index >= 15 is 0 Å². The van der Waals surface area contributed by atoms with Crippen LogP contribution in [-0.4, -0.2) is 22.3 Å². The second kappa shape index (κ2) is 4.00. The summed E-state index contributed by atoms with van der Waals surface area (Å²) in [7, 11) is 0. The zero-order valence-corrected chi connectivity index (χ0v) is 9.26. The quantitative estimate of drug-likeness (QED) is 0.834. The van der Waals surface area contributed by atoms with Gasteiger partial charge in [-0.25, -0.2) is 4.79 Å². The fourth-order valence-electron chi connectivity index (χ4n) is 0.981. The Morgan fingerprint density at radius 1 is 1.50 bits per heavy atom. The summed E-state index contributed by atoms with van der Waals surface area (Å²) >= 11 is 1.68. The Hall–Kier alpha value is -1.03. The molecule has 1 aromatic rings. The number of aromatic carboxylic acids is 1. The Labute approximate surface area is 87.6 Å². The van der Waals surface area contributed by atoms with Gasteiger partial charge >= 0.3 is 5.97 Å². The molecule has 0 saturated heterocycles. The number of carboxylic acids is 1. The van der Waals surface area contributed by atoms with Crippen molar-refractivity contribution < 1.29 is 9.90 Å². The van der Waals surface area contributed by atoms with Gasteiger partial charge in [0.1, 0.15) is 0 Å². The van der Waals surface area contributed by atoms with Crippen molar-refractivity contribution in [2.24, 2.45) is 0 Å². The minimum atomic E-state index is -0.939. The lowest BCUT2D eigenvalue weighted by molar-refractivity contribution is 0.0696. The zero-order valence-electron chi connectivity index (χ0n) is 8.44. The molecule has 0 atom stereocenters. The summed E-state index contributed by atoms with van der Waals surface area (Å²) in [5, 5.41) is 8.69. The Kier molecular flexibility index (Phi) is 3.16. The normalized spacial score (nSPS) is 11.4. The van der Waals surface area contributed by atoms with Gasteiger partial charge < -0.3 is 5.11 Å². The summed E-state index contributed by atoms with van der Waals surface area (Å²) in [5.41, 5.74) is 1.13. The van der Waals surface area contributed by atoms with Gasteiger partial charge in [0.25, 0.3) is 0 Å². The van der Waals surface area contributed by atoms with Crippen LogP contribution in [0.2, 0.25) is 0 Å². The van der Waals surface area contributed by atoms with Crippen LogP contribution in [0.4, 0.5) is 0 Å². The van der Waals surface area contributed by atoms with Gasteiger partial charge in [0, 0.05) is 6.20 Å². The van der Waals surface area contributed by atoms with Gasteiger partial charge in [-0.1, -0.05) is 0 Å². The minimum Gasteiger partial charge on any atom is -0.478 e. The van der Waals surface area contributed by atoms with E-state index < -0.39 is 5.97 Å². The fraction of sp³-hybridized carbons (Fsp3) is 0.400. The van der Waals surface area contributed by atoms with Crippen molar-refractivity contribution in [3.63, 3.8) is 0 Å². The van der Waals surface area contributed by atoms with E-state index in [9.17, 15) is 4.79 Å². The molecule has 0 unspecified atom stereocenters. The molecule has 1 aromatic heterocycles. The van der Waals surface area contributed by atoms with Crippen molar-refractivity contribution in [3.8, 4) is 0 Å². The third kappa shape index (κ3) is 2.26. The van der Waals surface area contributed by atoms with Crippen LogP contribution in [0.1, 0.15) is 29.9 Å². The molecule has 0 bridgehead atoms. The van der Waals surface area contributed by atoms with E-state index in [0.717, 1.165) is 5.69 Å². The number of hydrogen-bond acceptors (Lipinski definition) is 3. The number of rotatable bonds is 3. The highest BCUT2D eigenvalue weighted by Crippen LogP contribution is 2.31. The van der Waals surface area contributed by atoms with Crippen LogP contribution in [-0.2, 0) is 4.75 Å². The van der Waals surface area contributed by atoms with E-state index in [1.54, 1.807) is 23.9 Å². The second-order valence-corrected chi connectivity index (χ2v) is 4.88. The van der Waals surface area contributed by atoms with Crippen molar-refractivity contribution in [3.05, 3.63) is 29.6 Å². The molecule has 0 saturated carbocycles. The maximum atomic E-state index is 10.6. The summed E-state index contributed by atoms with van der Waals surface area (Å²) in [6, 6.07) is 3.35. The maximum absolute atomic E-state index is 10.6. The molecule has 0 aliphatic heterocycles. The van der Waals surface area contributed by atoms with E-state index in [-0.39, 0.29) is 10.3 Å². The first-order valence-corrected chi connectivity index (χ1v) is 5.45. The number of hydrogen-bond donors (Lipinski definition) is 1. The third-order valence-corrected chi connectivity index (χ3v) is 3.37. The number of aromatic nitrogens is 1. The van der Waals surface area contributed by atoms with Gasteiger partial charge in [0.2, 0.25) is 0 Å². The number of carbonyl (C=O) groups is 1. The minimum absolute atomic E-state index is 0.0724. The Balaban J connectivity index is 2.99. The highest BCUT2D eigenvalue weighted by Gasteiger charge is 2.20. The summed E-state index contributed by atoms with van der Waals surface area (Å²) < 4.78 is -0.0724. The average molecular weight is 211 g/mol. The molecule has 14 heavy (non-hydrogen) atoms. The van der Waals surface area contributed by atoms with Crippen LogP contribution in [0.15, 0.2) is 18.3 Å². The Morgan fingerprint density at radius 3 is 2.50 bits per heavy atom. The highest BCUT2D eigenvalue weighted by atomic mass is 32.2. The topological polar surface area (TPSA) is 50.2 Å². The molecule has 0 radical (unpaired) electrons. The summed E-state index contributed by atoms with van der Waals surface area (Å²) in [6.45, 7) is 4.11. The lowest BCUT2D eigenvalue weighted by Crippen LogP contribution is -2.13. The van der Waals surface area contributed by atoms with E-state index in [2.05, 4.69) is 18.8 Å². The molecule has 4 heteroatoms. The van der Waals surface area contributed by atoms with Crippen molar-refractivity contribution >= 4 is 17.7 Å². The van der Waals surface area contributed by atoms with Gasteiger partial charge in [-0.2, -0.15) is 11.8 Å². The van der Waals surface area contributed by atoms with Crippen LogP contribution in [0, 0.1) is 0 Å². The zero-order chi connectivity index (χ0) is 10.8. The summed E-state index contributed by atoms with van der Waals surface area (Å²) in [5.74, 6) is -0.939. The fourth-order valence-corrected chi connectivity index (χ4v) is 1.31. The average Bonchev–Trinajstić information content (AvgIpc) is 2.18. The van der Waals surface area contributed by atoms with E-state index in [1.807, 2.05) is 6.26 Å². The van der Waals surface area contributed by atoms with Crippen LogP contribution in [0.25, 0.3) is 0 Å². The van der Waals surface area contributed by atoms with Crippen LogP contribution < -0.4 is 0 Å². The summed E-state index contributed by atoms with van der Waals surface area (Å²) in [4.78, 5) is 14.7. The first-order chi connectivity index (χ1) is 6.47. The molecule has 0 fully saturated rings. The molecule has 1 N–H and O–H groups in total. The molecular formula is C10H13NO2S. The van der Waals surface area contributed by atoms with E-state index in [4.69, 9.17) is 5.11 Å². The van der Waals surface area contributed by atoms with Crippen LogP contribution in [0.3, 0.4) is 0 Å². The smallest absolute Gasteiger partial charge is 0.337 e. The predicted molar refractivity (Wildman–Crippen MR) is 57.7 cm³/mol. The van der Waals surface area contributed by atoms with Gasteiger partial charge in [-0.3, -0.25) is 4.98 Å².